The number of hydrogen-bond donors (Lipinski definition) is 2. The van der Waals surface area contributed by atoms with E-state index in [0.29, 0.717) is 5.75 Å². The molecule has 0 saturated carbocycles. The molecule has 0 unspecified atom stereocenters. The molecule has 1 amide bonds. The molecular weight excluding hydrogens is 342 g/mol. The Morgan fingerprint density at radius 1 is 1.22 bits per heavy atom. The first-order valence-electron chi connectivity index (χ1n) is 8.71. The van der Waals surface area contributed by atoms with Gasteiger partial charge in [0.15, 0.2) is 6.61 Å². The molecule has 0 spiro atoms. The number of hydrogen-bond acceptors (Lipinski definition) is 4. The Balaban J connectivity index is 1.70. The van der Waals surface area contributed by atoms with Gasteiger partial charge in [-0.05, 0) is 44.0 Å². The quantitative estimate of drug-likeness (QED) is 0.400. The third kappa shape index (κ3) is 4.17. The highest BCUT2D eigenvalue weighted by atomic mass is 16.5. The summed E-state index contributed by atoms with van der Waals surface area (Å²) >= 11 is 0. The number of fused-ring (bicyclic) bond motifs is 1. The van der Waals surface area contributed by atoms with Gasteiger partial charge in [0, 0.05) is 22.7 Å². The van der Waals surface area contributed by atoms with Gasteiger partial charge < -0.3 is 14.8 Å². The van der Waals surface area contributed by atoms with Crippen LogP contribution < -0.4 is 4.74 Å². The number of rotatable bonds is 6. The van der Waals surface area contributed by atoms with Crippen LogP contribution in [0.25, 0.3) is 10.9 Å². The number of carbonyl (C=O) groups is 1. The molecule has 2 aromatic carbocycles. The predicted molar refractivity (Wildman–Crippen MR) is 106 cm³/mol. The molecule has 140 valence electrons. The van der Waals surface area contributed by atoms with Crippen molar-refractivity contribution in [1.82, 2.24) is 9.99 Å². The standard InChI is InChI=1S/C21H23N3O3/c1-14-9-15(2)21(16(3)10-14)27-12-20(26)24(13-25)23-11-17-5-4-6-19-18(17)7-8-22-19/h4-11,22,25H,12-13H2,1-3H3. The summed E-state index contributed by atoms with van der Waals surface area (Å²) in [6, 6.07) is 11.7. The highest BCUT2D eigenvalue weighted by molar-refractivity contribution is 5.98. The van der Waals surface area contributed by atoms with Crippen LogP contribution in [-0.4, -0.2) is 40.6 Å². The van der Waals surface area contributed by atoms with Crippen molar-refractivity contribution in [3.8, 4) is 5.75 Å². The minimum atomic E-state index is -0.520. The lowest BCUT2D eigenvalue weighted by Gasteiger charge is -2.16. The summed E-state index contributed by atoms with van der Waals surface area (Å²) in [6.07, 6.45) is 3.41. The molecule has 0 radical (unpaired) electrons. The second-order valence-corrected chi connectivity index (χ2v) is 6.48. The van der Waals surface area contributed by atoms with Gasteiger partial charge >= 0.3 is 0 Å². The lowest BCUT2D eigenvalue weighted by atomic mass is 10.1. The van der Waals surface area contributed by atoms with E-state index in [1.165, 1.54) is 0 Å². The summed E-state index contributed by atoms with van der Waals surface area (Å²) in [5.41, 5.74) is 4.92. The largest absolute Gasteiger partial charge is 0.483 e. The van der Waals surface area contributed by atoms with Crippen LogP contribution in [0.3, 0.4) is 0 Å². The Bertz CT molecular complexity index is 968. The smallest absolute Gasteiger partial charge is 0.282 e. The van der Waals surface area contributed by atoms with Crippen molar-refractivity contribution in [3.63, 3.8) is 0 Å². The van der Waals surface area contributed by atoms with Gasteiger partial charge in [0.05, 0.1) is 6.21 Å². The first-order chi connectivity index (χ1) is 13.0. The van der Waals surface area contributed by atoms with Gasteiger partial charge in [0.1, 0.15) is 12.5 Å². The van der Waals surface area contributed by atoms with Crippen LogP contribution in [0.4, 0.5) is 0 Å². The zero-order chi connectivity index (χ0) is 19.4. The van der Waals surface area contributed by atoms with Crippen LogP contribution in [0.15, 0.2) is 47.7 Å². The monoisotopic (exact) mass is 365 g/mol. The Hall–Kier alpha value is -3.12. The second-order valence-electron chi connectivity index (χ2n) is 6.48. The van der Waals surface area contributed by atoms with Gasteiger partial charge in [-0.3, -0.25) is 4.79 Å². The summed E-state index contributed by atoms with van der Waals surface area (Å²) in [5, 5.41) is 15.6. The van der Waals surface area contributed by atoms with Gasteiger partial charge in [-0.2, -0.15) is 5.10 Å². The van der Waals surface area contributed by atoms with E-state index in [9.17, 15) is 9.90 Å². The molecule has 3 aromatic rings. The molecule has 0 aliphatic rings. The maximum Gasteiger partial charge on any atom is 0.282 e. The summed E-state index contributed by atoms with van der Waals surface area (Å²) < 4.78 is 5.70. The average molecular weight is 365 g/mol. The Morgan fingerprint density at radius 3 is 2.67 bits per heavy atom. The fraction of sp³-hybridized carbons (Fsp3) is 0.238. The Morgan fingerprint density at radius 2 is 1.96 bits per heavy atom. The number of nitrogens with zero attached hydrogens (tertiary/aromatic N) is 2. The zero-order valence-electron chi connectivity index (χ0n) is 15.7. The van der Waals surface area contributed by atoms with Crippen LogP contribution in [0.2, 0.25) is 0 Å². The van der Waals surface area contributed by atoms with Gasteiger partial charge in [-0.25, -0.2) is 5.01 Å². The zero-order valence-corrected chi connectivity index (χ0v) is 15.7. The van der Waals surface area contributed by atoms with E-state index in [0.717, 1.165) is 38.2 Å². The fourth-order valence-corrected chi connectivity index (χ4v) is 3.14. The topological polar surface area (TPSA) is 77.9 Å². The maximum absolute atomic E-state index is 12.4. The fourth-order valence-electron chi connectivity index (χ4n) is 3.14. The summed E-state index contributed by atoms with van der Waals surface area (Å²) in [6.45, 7) is 5.19. The normalized spacial score (nSPS) is 11.3. The lowest BCUT2D eigenvalue weighted by molar-refractivity contribution is -0.137. The molecule has 0 aliphatic carbocycles. The number of aryl methyl sites for hydroxylation is 3. The van der Waals surface area contributed by atoms with Crippen molar-refractivity contribution in [2.45, 2.75) is 20.8 Å². The minimum Gasteiger partial charge on any atom is -0.483 e. The molecule has 0 fully saturated rings. The molecular formula is C21H23N3O3. The lowest BCUT2D eigenvalue weighted by Crippen LogP contribution is -2.31. The van der Waals surface area contributed by atoms with Gasteiger partial charge in [-0.1, -0.05) is 29.8 Å². The maximum atomic E-state index is 12.4. The molecule has 6 nitrogen and oxygen atoms in total. The molecule has 0 atom stereocenters. The number of benzene rings is 2. The third-order valence-corrected chi connectivity index (χ3v) is 4.33. The van der Waals surface area contributed by atoms with Gasteiger partial charge in [0.25, 0.3) is 5.91 Å². The van der Waals surface area contributed by atoms with Crippen LogP contribution >= 0.6 is 0 Å². The first kappa shape index (κ1) is 18.7. The molecule has 0 aliphatic heterocycles. The van der Waals surface area contributed by atoms with Crippen LogP contribution in [0.1, 0.15) is 22.3 Å². The number of H-pyrrole nitrogens is 1. The predicted octanol–water partition coefficient (Wildman–Crippen LogP) is 3.28. The number of aliphatic hydroxyl groups is 1. The second kappa shape index (κ2) is 8.05. The van der Waals surface area contributed by atoms with Crippen molar-refractivity contribution in [2.24, 2.45) is 5.10 Å². The van der Waals surface area contributed by atoms with Crippen molar-refractivity contribution in [2.75, 3.05) is 13.3 Å². The molecule has 6 heteroatoms. The number of aliphatic hydroxyl groups excluding tert-OH is 1. The molecule has 27 heavy (non-hydrogen) atoms. The van der Waals surface area contributed by atoms with Crippen LogP contribution in [-0.2, 0) is 4.79 Å². The van der Waals surface area contributed by atoms with E-state index in [4.69, 9.17) is 4.74 Å². The third-order valence-electron chi connectivity index (χ3n) is 4.33. The molecule has 0 saturated heterocycles. The van der Waals surface area contributed by atoms with Crippen molar-refractivity contribution in [1.29, 1.82) is 0 Å². The number of carbonyl (C=O) groups excluding carboxylic acids is 1. The summed E-state index contributed by atoms with van der Waals surface area (Å²) in [5.74, 6) is 0.266. The van der Waals surface area contributed by atoms with Crippen molar-refractivity contribution < 1.29 is 14.6 Å². The molecule has 2 N–H and O–H groups in total. The number of hydrazone groups is 1. The molecule has 1 heterocycles. The van der Waals surface area contributed by atoms with Gasteiger partial charge in [0.2, 0.25) is 0 Å². The molecule has 1 aromatic heterocycles. The van der Waals surface area contributed by atoms with E-state index in [1.54, 1.807) is 6.21 Å². The molecule has 0 bridgehead atoms. The van der Waals surface area contributed by atoms with E-state index < -0.39 is 12.6 Å². The minimum absolute atomic E-state index is 0.197. The first-order valence-corrected chi connectivity index (χ1v) is 8.71. The van der Waals surface area contributed by atoms with Crippen LogP contribution in [0.5, 0.6) is 5.75 Å². The number of nitrogens with one attached hydrogen (secondary N) is 1. The van der Waals surface area contributed by atoms with Crippen LogP contribution in [0, 0.1) is 20.8 Å². The molecule has 3 rings (SSSR count). The summed E-state index contributed by atoms with van der Waals surface area (Å²) in [7, 11) is 0. The average Bonchev–Trinajstić information content (AvgIpc) is 3.10. The Labute approximate surface area is 158 Å². The Kier molecular flexibility index (Phi) is 5.57. The van der Waals surface area contributed by atoms with E-state index >= 15 is 0 Å². The van der Waals surface area contributed by atoms with E-state index in [-0.39, 0.29) is 6.61 Å². The van der Waals surface area contributed by atoms with Crippen molar-refractivity contribution >= 4 is 23.0 Å². The number of ether oxygens (including phenoxy) is 1. The number of aromatic amines is 1. The number of aromatic nitrogens is 1. The van der Waals surface area contributed by atoms with Crippen molar-refractivity contribution in [3.05, 3.63) is 64.8 Å². The SMILES string of the molecule is Cc1cc(C)c(OCC(=O)N(CO)N=Cc2cccc3[nH]ccc23)c(C)c1. The van der Waals surface area contributed by atoms with E-state index in [1.807, 2.05) is 63.4 Å². The number of amides is 1. The highest BCUT2D eigenvalue weighted by Crippen LogP contribution is 2.24. The van der Waals surface area contributed by atoms with Gasteiger partial charge in [-0.15, -0.1) is 0 Å². The van der Waals surface area contributed by atoms with E-state index in [2.05, 4.69) is 10.1 Å². The highest BCUT2D eigenvalue weighted by Gasteiger charge is 2.14. The summed E-state index contributed by atoms with van der Waals surface area (Å²) in [4.78, 5) is 15.5.